The molecule has 0 unspecified atom stereocenters. The zero-order chi connectivity index (χ0) is 27.2. The Bertz CT molecular complexity index is 1370. The van der Waals surface area contributed by atoms with E-state index in [9.17, 15) is 4.79 Å². The van der Waals surface area contributed by atoms with E-state index in [4.69, 9.17) is 14.0 Å². The number of morpholine rings is 1. The van der Waals surface area contributed by atoms with Crippen LogP contribution < -0.4 is 15.4 Å². The molecule has 2 aromatic heterocycles. The molecule has 0 atom stereocenters. The van der Waals surface area contributed by atoms with E-state index in [1.807, 2.05) is 63.4 Å². The SMILES string of the molecule is CC(C)(C)c1cc(NC(=O)Nc2ccc(-n3cc(-c4ccc(OCCN5CCOCC5)cc4)nn3)cc2)no1. The van der Waals surface area contributed by atoms with E-state index in [0.29, 0.717) is 23.9 Å². The minimum Gasteiger partial charge on any atom is -0.492 e. The minimum absolute atomic E-state index is 0.193. The Balaban J connectivity index is 1.13. The fraction of sp³-hybridized carbons (Fsp3) is 0.357. The Hall–Kier alpha value is -4.22. The van der Waals surface area contributed by atoms with Crippen molar-refractivity contribution in [2.24, 2.45) is 0 Å². The van der Waals surface area contributed by atoms with Crippen LogP contribution in [0, 0.1) is 0 Å². The monoisotopic (exact) mass is 531 g/mol. The van der Waals surface area contributed by atoms with Crippen LogP contribution in [-0.4, -0.2) is 70.5 Å². The summed E-state index contributed by atoms with van der Waals surface area (Å²) in [7, 11) is 0. The molecule has 204 valence electrons. The average molecular weight is 532 g/mol. The maximum Gasteiger partial charge on any atom is 0.324 e. The summed E-state index contributed by atoms with van der Waals surface area (Å²) in [6.07, 6.45) is 1.86. The predicted molar refractivity (Wildman–Crippen MR) is 147 cm³/mol. The molecular weight excluding hydrogens is 498 g/mol. The molecule has 0 radical (unpaired) electrons. The summed E-state index contributed by atoms with van der Waals surface area (Å²) in [5.74, 6) is 1.87. The van der Waals surface area contributed by atoms with E-state index < -0.39 is 6.03 Å². The van der Waals surface area contributed by atoms with Gasteiger partial charge in [-0.15, -0.1) is 5.10 Å². The lowest BCUT2D eigenvalue weighted by Gasteiger charge is -2.26. The largest absolute Gasteiger partial charge is 0.492 e. The van der Waals surface area contributed by atoms with Crippen LogP contribution in [0.1, 0.15) is 26.5 Å². The Kier molecular flexibility index (Phi) is 7.89. The van der Waals surface area contributed by atoms with E-state index in [1.165, 1.54) is 0 Å². The molecule has 2 N–H and O–H groups in total. The molecule has 1 fully saturated rings. The van der Waals surface area contributed by atoms with Crippen molar-refractivity contribution >= 4 is 17.5 Å². The molecule has 11 nitrogen and oxygen atoms in total. The van der Waals surface area contributed by atoms with Gasteiger partial charge in [0.15, 0.2) is 5.82 Å². The molecule has 1 aliphatic rings. The number of benzene rings is 2. The average Bonchev–Trinajstić information content (AvgIpc) is 3.61. The third-order valence-electron chi connectivity index (χ3n) is 6.30. The molecule has 0 bridgehead atoms. The van der Waals surface area contributed by atoms with Crippen molar-refractivity contribution in [1.29, 1.82) is 0 Å². The first-order valence-electron chi connectivity index (χ1n) is 12.9. The summed E-state index contributed by atoms with van der Waals surface area (Å²) >= 11 is 0. The summed E-state index contributed by atoms with van der Waals surface area (Å²) < 4.78 is 18.3. The molecule has 0 spiro atoms. The van der Waals surface area contributed by atoms with E-state index in [2.05, 4.69) is 31.0 Å². The highest BCUT2D eigenvalue weighted by Crippen LogP contribution is 2.25. The summed E-state index contributed by atoms with van der Waals surface area (Å²) in [5, 5.41) is 17.9. The van der Waals surface area contributed by atoms with Crippen LogP contribution in [0.25, 0.3) is 16.9 Å². The van der Waals surface area contributed by atoms with Crippen LogP contribution in [0.2, 0.25) is 0 Å². The van der Waals surface area contributed by atoms with Gasteiger partial charge in [-0.3, -0.25) is 10.2 Å². The molecule has 11 heteroatoms. The van der Waals surface area contributed by atoms with Gasteiger partial charge in [0.1, 0.15) is 23.8 Å². The van der Waals surface area contributed by atoms with Gasteiger partial charge in [0, 0.05) is 42.4 Å². The van der Waals surface area contributed by atoms with Crippen molar-refractivity contribution in [1.82, 2.24) is 25.1 Å². The standard InChI is InChI=1S/C28H33N7O4/c1-28(2,3)25-18-26(32-39-25)30-27(36)29-21-6-8-22(9-7-21)35-19-24(31-33-35)20-4-10-23(11-5-20)38-17-14-34-12-15-37-16-13-34/h4-11,18-19H,12-17H2,1-3H3,(H2,29,30,32,36). The van der Waals surface area contributed by atoms with E-state index in [1.54, 1.807) is 22.9 Å². The van der Waals surface area contributed by atoms with Gasteiger partial charge in [-0.05, 0) is 48.5 Å². The number of hydrogen-bond acceptors (Lipinski definition) is 8. The van der Waals surface area contributed by atoms with Crippen LogP contribution in [0.4, 0.5) is 16.3 Å². The van der Waals surface area contributed by atoms with Gasteiger partial charge in [-0.25, -0.2) is 9.48 Å². The number of nitrogens with one attached hydrogen (secondary N) is 2. The second-order valence-electron chi connectivity index (χ2n) is 10.3. The van der Waals surface area contributed by atoms with E-state index in [-0.39, 0.29) is 5.41 Å². The van der Waals surface area contributed by atoms with E-state index in [0.717, 1.165) is 55.5 Å². The zero-order valence-electron chi connectivity index (χ0n) is 22.4. The van der Waals surface area contributed by atoms with Gasteiger partial charge in [0.25, 0.3) is 0 Å². The van der Waals surface area contributed by atoms with Gasteiger partial charge in [0.2, 0.25) is 0 Å². The van der Waals surface area contributed by atoms with Gasteiger partial charge in [-0.2, -0.15) is 0 Å². The molecular formula is C28H33N7O4. The molecule has 2 amide bonds. The third-order valence-corrected chi connectivity index (χ3v) is 6.30. The van der Waals surface area contributed by atoms with Crippen molar-refractivity contribution in [3.63, 3.8) is 0 Å². The highest BCUT2D eigenvalue weighted by atomic mass is 16.5. The fourth-order valence-electron chi connectivity index (χ4n) is 4.03. The number of nitrogens with zero attached hydrogens (tertiary/aromatic N) is 5. The van der Waals surface area contributed by atoms with Crippen LogP contribution in [0.3, 0.4) is 0 Å². The van der Waals surface area contributed by atoms with Crippen LogP contribution in [0.15, 0.2) is 65.3 Å². The Morgan fingerprint density at radius 1 is 1.03 bits per heavy atom. The maximum absolute atomic E-state index is 12.4. The van der Waals surface area contributed by atoms with Crippen molar-refractivity contribution < 1.29 is 18.8 Å². The Labute approximate surface area is 227 Å². The van der Waals surface area contributed by atoms with Crippen LogP contribution in [-0.2, 0) is 10.2 Å². The summed E-state index contributed by atoms with van der Waals surface area (Å²) in [6, 6.07) is 16.5. The van der Waals surface area contributed by atoms with Crippen molar-refractivity contribution in [2.45, 2.75) is 26.2 Å². The number of amides is 2. The number of carbonyl (C=O) groups is 1. The number of carbonyl (C=O) groups excluding carboxylic acids is 1. The second-order valence-corrected chi connectivity index (χ2v) is 10.3. The first kappa shape index (κ1) is 26.4. The molecule has 3 heterocycles. The summed E-state index contributed by atoms with van der Waals surface area (Å²) in [5.41, 5.74) is 2.94. The molecule has 1 saturated heterocycles. The minimum atomic E-state index is -0.409. The molecule has 0 saturated carbocycles. The van der Waals surface area contributed by atoms with Crippen LogP contribution in [0.5, 0.6) is 5.75 Å². The van der Waals surface area contributed by atoms with Crippen molar-refractivity contribution in [3.05, 3.63) is 66.6 Å². The van der Waals surface area contributed by atoms with Crippen LogP contribution >= 0.6 is 0 Å². The fourth-order valence-corrected chi connectivity index (χ4v) is 4.03. The van der Waals surface area contributed by atoms with Gasteiger partial charge >= 0.3 is 6.03 Å². The smallest absolute Gasteiger partial charge is 0.324 e. The molecule has 4 aromatic rings. The number of aromatic nitrogens is 4. The predicted octanol–water partition coefficient (Wildman–Crippen LogP) is 4.57. The quantitative estimate of drug-likeness (QED) is 0.339. The third kappa shape index (κ3) is 7.01. The normalized spacial score (nSPS) is 14.2. The number of anilines is 2. The number of hydrogen-bond donors (Lipinski definition) is 2. The highest BCUT2D eigenvalue weighted by molar-refractivity contribution is 5.99. The second kappa shape index (κ2) is 11.7. The molecule has 2 aromatic carbocycles. The van der Waals surface area contributed by atoms with Gasteiger partial charge < -0.3 is 19.3 Å². The van der Waals surface area contributed by atoms with Gasteiger partial charge in [-0.1, -0.05) is 31.1 Å². The van der Waals surface area contributed by atoms with Crippen molar-refractivity contribution in [3.8, 4) is 22.7 Å². The Morgan fingerprint density at radius 3 is 2.46 bits per heavy atom. The molecule has 5 rings (SSSR count). The van der Waals surface area contributed by atoms with Crippen molar-refractivity contribution in [2.75, 3.05) is 50.1 Å². The first-order valence-corrected chi connectivity index (χ1v) is 12.9. The topological polar surface area (TPSA) is 120 Å². The summed E-state index contributed by atoms with van der Waals surface area (Å²) in [6.45, 7) is 11.0. The number of urea groups is 1. The lowest BCUT2D eigenvalue weighted by atomic mass is 9.93. The lowest BCUT2D eigenvalue weighted by molar-refractivity contribution is 0.0322. The van der Waals surface area contributed by atoms with E-state index >= 15 is 0 Å². The molecule has 39 heavy (non-hydrogen) atoms. The molecule has 0 aliphatic carbocycles. The summed E-state index contributed by atoms with van der Waals surface area (Å²) in [4.78, 5) is 14.7. The lowest BCUT2D eigenvalue weighted by Crippen LogP contribution is -2.38. The maximum atomic E-state index is 12.4. The first-order chi connectivity index (χ1) is 18.8. The number of rotatable bonds is 8. The zero-order valence-corrected chi connectivity index (χ0v) is 22.4. The molecule has 1 aliphatic heterocycles. The highest BCUT2D eigenvalue weighted by Gasteiger charge is 2.20. The Morgan fingerprint density at radius 2 is 1.77 bits per heavy atom. The number of ether oxygens (including phenoxy) is 2. The van der Waals surface area contributed by atoms with Gasteiger partial charge in [0.05, 0.1) is 25.1 Å².